The van der Waals surface area contributed by atoms with Gasteiger partial charge in [-0.15, -0.1) is 0 Å². The van der Waals surface area contributed by atoms with Crippen LogP contribution in [0.25, 0.3) is 0 Å². The van der Waals surface area contributed by atoms with Crippen molar-refractivity contribution in [1.29, 1.82) is 0 Å². The normalized spacial score (nSPS) is 9.53. The summed E-state index contributed by atoms with van der Waals surface area (Å²) in [5, 5.41) is 2.78. The third-order valence-electron chi connectivity index (χ3n) is 1.55. The Kier molecular flexibility index (Phi) is 4.11. The third-order valence-corrected chi connectivity index (χ3v) is 2.78. The lowest BCUT2D eigenvalue weighted by Crippen LogP contribution is -2.23. The van der Waals surface area contributed by atoms with Crippen molar-refractivity contribution in [3.63, 3.8) is 0 Å². The van der Waals surface area contributed by atoms with Crippen molar-refractivity contribution < 1.29 is 14.3 Å². The van der Waals surface area contributed by atoms with Gasteiger partial charge in [0, 0.05) is 10.2 Å². The van der Waals surface area contributed by atoms with Gasteiger partial charge in [-0.1, -0.05) is 11.6 Å². The van der Waals surface area contributed by atoms with E-state index in [1.807, 2.05) is 0 Å². The molecule has 4 nitrogen and oxygen atoms in total. The monoisotopic (exact) mass is 291 g/mol. The van der Waals surface area contributed by atoms with Crippen LogP contribution in [0, 0.1) is 0 Å². The first-order valence-corrected chi connectivity index (χ1v) is 5.06. The molecule has 0 unspecified atom stereocenters. The van der Waals surface area contributed by atoms with Gasteiger partial charge in [-0.05, 0) is 34.1 Å². The van der Waals surface area contributed by atoms with Crippen LogP contribution in [0.5, 0.6) is 0 Å². The minimum atomic E-state index is -0.950. The molecule has 0 saturated heterocycles. The zero-order valence-electron chi connectivity index (χ0n) is 7.71. The molecule has 1 aromatic carbocycles. The van der Waals surface area contributed by atoms with Gasteiger partial charge >= 0.3 is 11.9 Å². The fourth-order valence-corrected chi connectivity index (χ4v) is 1.28. The van der Waals surface area contributed by atoms with Crippen LogP contribution in [0.2, 0.25) is 5.02 Å². The van der Waals surface area contributed by atoms with Gasteiger partial charge in [-0.2, -0.15) is 0 Å². The van der Waals surface area contributed by atoms with Gasteiger partial charge < -0.3 is 10.1 Å². The third kappa shape index (κ3) is 3.21. The van der Waals surface area contributed by atoms with Crippen molar-refractivity contribution in [2.45, 2.75) is 0 Å². The summed E-state index contributed by atoms with van der Waals surface area (Å²) in [6, 6.07) is 4.79. The average molecular weight is 293 g/mol. The fourth-order valence-electron chi connectivity index (χ4n) is 0.849. The van der Waals surface area contributed by atoms with Crippen molar-refractivity contribution in [3.05, 3.63) is 27.7 Å². The van der Waals surface area contributed by atoms with E-state index >= 15 is 0 Å². The number of amides is 1. The van der Waals surface area contributed by atoms with Crippen molar-refractivity contribution in [2.24, 2.45) is 0 Å². The number of rotatable bonds is 1. The Morgan fingerprint density at radius 2 is 2.13 bits per heavy atom. The maximum Gasteiger partial charge on any atom is 0.396 e. The summed E-state index contributed by atoms with van der Waals surface area (Å²) in [4.78, 5) is 21.9. The smallest absolute Gasteiger partial charge is 0.396 e. The molecule has 1 aromatic rings. The summed E-state index contributed by atoms with van der Waals surface area (Å²) in [5.74, 6) is -1.79. The lowest BCUT2D eigenvalue weighted by molar-refractivity contribution is -0.150. The topological polar surface area (TPSA) is 55.4 Å². The second-order valence-electron chi connectivity index (χ2n) is 2.57. The summed E-state index contributed by atoms with van der Waals surface area (Å²) in [6.07, 6.45) is 0. The van der Waals surface area contributed by atoms with Crippen molar-refractivity contribution >= 4 is 45.1 Å². The van der Waals surface area contributed by atoms with Crippen LogP contribution in [-0.4, -0.2) is 19.0 Å². The number of nitrogens with one attached hydrogen (secondary N) is 1. The number of carbonyl (C=O) groups is 2. The Balaban J connectivity index is 2.77. The molecule has 1 amide bonds. The molecule has 1 rings (SSSR count). The van der Waals surface area contributed by atoms with Crippen LogP contribution in [0.1, 0.15) is 0 Å². The molecule has 80 valence electrons. The highest BCUT2D eigenvalue weighted by molar-refractivity contribution is 9.10. The van der Waals surface area contributed by atoms with E-state index in [1.54, 1.807) is 12.1 Å². The number of hydrogen-bond acceptors (Lipinski definition) is 3. The average Bonchev–Trinajstić information content (AvgIpc) is 2.22. The number of ether oxygens (including phenoxy) is 1. The molecule has 0 aliphatic rings. The molecular weight excluding hydrogens is 285 g/mol. The first-order chi connectivity index (χ1) is 7.04. The fraction of sp³-hybridized carbons (Fsp3) is 0.111. The Labute approximate surface area is 99.7 Å². The van der Waals surface area contributed by atoms with E-state index in [9.17, 15) is 9.59 Å². The van der Waals surface area contributed by atoms with E-state index in [2.05, 4.69) is 26.0 Å². The van der Waals surface area contributed by atoms with E-state index in [-0.39, 0.29) is 0 Å². The number of esters is 1. The lowest BCUT2D eigenvalue weighted by Gasteiger charge is -2.04. The number of carbonyl (C=O) groups excluding carboxylic acids is 2. The molecule has 15 heavy (non-hydrogen) atoms. The van der Waals surface area contributed by atoms with E-state index in [0.717, 1.165) is 7.11 Å². The van der Waals surface area contributed by atoms with Gasteiger partial charge in [-0.25, -0.2) is 4.79 Å². The van der Waals surface area contributed by atoms with Crippen LogP contribution in [0.3, 0.4) is 0 Å². The van der Waals surface area contributed by atoms with Gasteiger partial charge in [0.1, 0.15) is 0 Å². The minimum Gasteiger partial charge on any atom is -0.462 e. The first-order valence-electron chi connectivity index (χ1n) is 3.89. The van der Waals surface area contributed by atoms with Crippen molar-refractivity contribution in [1.82, 2.24) is 0 Å². The standard InChI is InChI=1S/C9H7BrClNO3/c1-15-9(14)8(13)12-5-2-3-6(10)7(11)4-5/h2-4H,1H3,(H,12,13). The Bertz CT molecular complexity index is 408. The van der Waals surface area contributed by atoms with Crippen molar-refractivity contribution in [2.75, 3.05) is 12.4 Å². The zero-order valence-corrected chi connectivity index (χ0v) is 10.1. The van der Waals surface area contributed by atoms with Crippen LogP contribution in [0.4, 0.5) is 5.69 Å². The first kappa shape index (κ1) is 12.0. The van der Waals surface area contributed by atoms with E-state index in [0.29, 0.717) is 15.2 Å². The van der Waals surface area contributed by atoms with Crippen molar-refractivity contribution in [3.8, 4) is 0 Å². The number of anilines is 1. The molecule has 0 aliphatic carbocycles. The molecule has 0 spiro atoms. The van der Waals surface area contributed by atoms with Gasteiger partial charge in [0.25, 0.3) is 0 Å². The highest BCUT2D eigenvalue weighted by Crippen LogP contribution is 2.25. The van der Waals surface area contributed by atoms with E-state index in [1.165, 1.54) is 6.07 Å². The van der Waals surface area contributed by atoms with Crippen LogP contribution in [0.15, 0.2) is 22.7 Å². The number of methoxy groups -OCH3 is 1. The zero-order chi connectivity index (χ0) is 11.4. The van der Waals surface area contributed by atoms with Gasteiger partial charge in [0.15, 0.2) is 0 Å². The Morgan fingerprint density at radius 3 is 2.67 bits per heavy atom. The summed E-state index contributed by atoms with van der Waals surface area (Å²) in [5.41, 5.74) is 0.429. The Hall–Kier alpha value is -1.07. The summed E-state index contributed by atoms with van der Waals surface area (Å²) in [6.45, 7) is 0. The van der Waals surface area contributed by atoms with E-state index < -0.39 is 11.9 Å². The summed E-state index contributed by atoms with van der Waals surface area (Å²) < 4.78 is 4.95. The number of benzene rings is 1. The molecule has 0 aromatic heterocycles. The molecule has 0 atom stereocenters. The molecule has 0 aliphatic heterocycles. The molecule has 0 fully saturated rings. The molecule has 0 saturated carbocycles. The summed E-state index contributed by atoms with van der Waals surface area (Å²) in [7, 11) is 1.14. The second-order valence-corrected chi connectivity index (χ2v) is 3.84. The SMILES string of the molecule is COC(=O)C(=O)Nc1ccc(Br)c(Cl)c1. The molecule has 0 radical (unpaired) electrons. The highest BCUT2D eigenvalue weighted by Gasteiger charge is 2.13. The minimum absolute atomic E-state index is 0.429. The molecule has 0 heterocycles. The van der Waals surface area contributed by atoms with Crippen LogP contribution >= 0.6 is 27.5 Å². The van der Waals surface area contributed by atoms with Gasteiger partial charge in [0.2, 0.25) is 0 Å². The largest absolute Gasteiger partial charge is 0.462 e. The molecule has 1 N–H and O–H groups in total. The van der Waals surface area contributed by atoms with Crippen LogP contribution < -0.4 is 5.32 Å². The quantitative estimate of drug-likeness (QED) is 0.638. The maximum absolute atomic E-state index is 11.1. The molecule has 0 bridgehead atoms. The number of halogens is 2. The maximum atomic E-state index is 11.1. The Morgan fingerprint density at radius 1 is 1.47 bits per heavy atom. The lowest BCUT2D eigenvalue weighted by atomic mass is 10.3. The predicted octanol–water partition coefficient (Wildman–Crippen LogP) is 2.21. The van der Waals surface area contributed by atoms with Gasteiger partial charge in [0.05, 0.1) is 12.1 Å². The second kappa shape index (κ2) is 5.14. The van der Waals surface area contributed by atoms with E-state index in [4.69, 9.17) is 11.6 Å². The summed E-state index contributed by atoms with van der Waals surface area (Å²) >= 11 is 9.00. The molecule has 6 heteroatoms. The molecular formula is C9H7BrClNO3. The van der Waals surface area contributed by atoms with Gasteiger partial charge in [-0.3, -0.25) is 4.79 Å². The predicted molar refractivity (Wildman–Crippen MR) is 59.8 cm³/mol. The number of hydrogen-bond donors (Lipinski definition) is 1. The highest BCUT2D eigenvalue weighted by atomic mass is 79.9. The van der Waals surface area contributed by atoms with Crippen LogP contribution in [-0.2, 0) is 14.3 Å².